The third-order valence-corrected chi connectivity index (χ3v) is 4.94. The summed E-state index contributed by atoms with van der Waals surface area (Å²) < 4.78 is 0. The summed E-state index contributed by atoms with van der Waals surface area (Å²) in [5, 5.41) is 6.57. The van der Waals surface area contributed by atoms with Crippen LogP contribution >= 0.6 is 35.6 Å². The van der Waals surface area contributed by atoms with E-state index in [1.165, 1.54) is 17.5 Å². The second-order valence-electron chi connectivity index (χ2n) is 6.44. The lowest BCUT2D eigenvalue weighted by Crippen LogP contribution is -2.23. The van der Waals surface area contributed by atoms with Gasteiger partial charge in [-0.25, -0.2) is 0 Å². The highest BCUT2D eigenvalue weighted by Gasteiger charge is 2.11. The maximum Gasteiger partial charge on any atom is 0.226 e. The van der Waals surface area contributed by atoms with Gasteiger partial charge in [-0.15, -0.1) is 24.0 Å². The van der Waals surface area contributed by atoms with Gasteiger partial charge in [-0.3, -0.25) is 9.79 Å². The first-order valence-corrected chi connectivity index (χ1v) is 9.14. The molecule has 144 valence electrons. The van der Waals surface area contributed by atoms with Crippen LogP contribution in [0.2, 0.25) is 5.02 Å². The largest absolute Gasteiger partial charge is 0.370 e. The molecule has 0 aromatic heterocycles. The number of hydrogen-bond acceptors (Lipinski definition) is 2. The second kappa shape index (κ2) is 9.94. The van der Waals surface area contributed by atoms with Crippen LogP contribution in [0.15, 0.2) is 41.4 Å². The van der Waals surface area contributed by atoms with Gasteiger partial charge < -0.3 is 16.4 Å². The first kappa shape index (κ1) is 21.5. The van der Waals surface area contributed by atoms with Crippen LogP contribution in [0.3, 0.4) is 0 Å². The number of nitrogens with one attached hydrogen (secondary N) is 2. The highest BCUT2D eigenvalue weighted by Crippen LogP contribution is 2.25. The maximum absolute atomic E-state index is 12.1. The fourth-order valence-corrected chi connectivity index (χ4v) is 3.25. The molecular weight excluding hydrogens is 475 g/mol. The lowest BCUT2D eigenvalue weighted by atomic mass is 10.1. The van der Waals surface area contributed by atoms with Gasteiger partial charge in [0.1, 0.15) is 0 Å². The molecule has 0 aliphatic heterocycles. The van der Waals surface area contributed by atoms with Crippen molar-refractivity contribution in [1.82, 2.24) is 0 Å². The van der Waals surface area contributed by atoms with Crippen molar-refractivity contribution in [2.45, 2.75) is 32.6 Å². The lowest BCUT2D eigenvalue weighted by Gasteiger charge is -2.09. The van der Waals surface area contributed by atoms with E-state index in [9.17, 15) is 4.79 Å². The molecule has 0 bridgehead atoms. The summed E-state index contributed by atoms with van der Waals surface area (Å²) in [6, 6.07) is 11.7. The third kappa shape index (κ3) is 5.84. The summed E-state index contributed by atoms with van der Waals surface area (Å²) in [6.45, 7) is 2.18. The summed E-state index contributed by atoms with van der Waals surface area (Å²) in [7, 11) is 0. The van der Waals surface area contributed by atoms with Gasteiger partial charge >= 0.3 is 0 Å². The van der Waals surface area contributed by atoms with Crippen LogP contribution in [0.4, 0.5) is 11.4 Å². The number of carbonyl (C=O) groups is 1. The van der Waals surface area contributed by atoms with Crippen LogP contribution in [-0.2, 0) is 17.6 Å². The Morgan fingerprint density at radius 3 is 2.78 bits per heavy atom. The Bertz CT molecular complexity index is 854. The molecule has 27 heavy (non-hydrogen) atoms. The number of aryl methyl sites for hydroxylation is 2. The standard InChI is InChI=1S/C20H23ClN4O.HI/c1-13-17(21)6-3-7-18(13)25-19(26)10-11-23-20(22)24-16-9-8-14-4-2-5-15(14)12-16;/h3,6-9,12H,2,4-5,10-11H2,1H3,(H,25,26)(H3,22,23,24);1H. The summed E-state index contributed by atoms with van der Waals surface area (Å²) >= 11 is 6.06. The molecular formula is C20H24ClIN4O. The van der Waals surface area contributed by atoms with E-state index >= 15 is 0 Å². The smallest absolute Gasteiger partial charge is 0.226 e. The SMILES string of the molecule is Cc1c(Cl)cccc1NC(=O)CCN=C(N)Nc1ccc2c(c1)CCC2.I. The molecule has 0 fully saturated rings. The predicted molar refractivity (Wildman–Crippen MR) is 123 cm³/mol. The van der Waals surface area contributed by atoms with Gasteiger partial charge in [0, 0.05) is 22.8 Å². The predicted octanol–water partition coefficient (Wildman–Crippen LogP) is 4.51. The molecule has 5 nitrogen and oxygen atoms in total. The molecule has 3 rings (SSSR count). The molecule has 0 spiro atoms. The second-order valence-corrected chi connectivity index (χ2v) is 6.85. The normalized spacial score (nSPS) is 12.9. The van der Waals surface area contributed by atoms with Gasteiger partial charge in [0.15, 0.2) is 5.96 Å². The number of nitrogens with two attached hydrogens (primary N) is 1. The Kier molecular flexibility index (Phi) is 7.91. The van der Waals surface area contributed by atoms with E-state index in [1.807, 2.05) is 25.1 Å². The molecule has 7 heteroatoms. The van der Waals surface area contributed by atoms with E-state index < -0.39 is 0 Å². The summed E-state index contributed by atoms with van der Waals surface area (Å²) in [4.78, 5) is 16.3. The van der Waals surface area contributed by atoms with Crippen molar-refractivity contribution in [2.75, 3.05) is 17.2 Å². The van der Waals surface area contributed by atoms with Crippen molar-refractivity contribution in [3.63, 3.8) is 0 Å². The molecule has 0 atom stereocenters. The quantitative estimate of drug-likeness (QED) is 0.322. The maximum atomic E-state index is 12.1. The van der Waals surface area contributed by atoms with Gasteiger partial charge in [-0.1, -0.05) is 23.7 Å². The van der Waals surface area contributed by atoms with Gasteiger partial charge in [-0.2, -0.15) is 0 Å². The summed E-state index contributed by atoms with van der Waals surface area (Å²) in [5.41, 5.74) is 11.2. The summed E-state index contributed by atoms with van der Waals surface area (Å²) in [5.74, 6) is 0.194. The zero-order valence-electron chi connectivity index (χ0n) is 15.2. The minimum atomic E-state index is -0.121. The molecule has 4 N–H and O–H groups in total. The highest BCUT2D eigenvalue weighted by atomic mass is 127. The molecule has 1 aliphatic rings. The zero-order chi connectivity index (χ0) is 18.5. The topological polar surface area (TPSA) is 79.5 Å². The Morgan fingerprint density at radius 2 is 1.96 bits per heavy atom. The van der Waals surface area contributed by atoms with Gasteiger partial charge in [0.05, 0.1) is 6.54 Å². The number of amides is 1. The molecule has 0 saturated heterocycles. The molecule has 0 unspecified atom stereocenters. The molecule has 1 amide bonds. The van der Waals surface area contributed by atoms with Crippen molar-refractivity contribution in [2.24, 2.45) is 10.7 Å². The zero-order valence-corrected chi connectivity index (χ0v) is 18.3. The van der Waals surface area contributed by atoms with Crippen molar-refractivity contribution in [3.05, 3.63) is 58.1 Å². The number of carbonyl (C=O) groups excluding carboxylic acids is 1. The number of fused-ring (bicyclic) bond motifs is 1. The van der Waals surface area contributed by atoms with E-state index in [-0.39, 0.29) is 36.3 Å². The van der Waals surface area contributed by atoms with E-state index in [4.69, 9.17) is 17.3 Å². The van der Waals surface area contributed by atoms with Crippen molar-refractivity contribution < 1.29 is 4.79 Å². The molecule has 0 saturated carbocycles. The van der Waals surface area contributed by atoms with Crippen LogP contribution in [0.25, 0.3) is 0 Å². The van der Waals surface area contributed by atoms with Crippen LogP contribution in [-0.4, -0.2) is 18.4 Å². The van der Waals surface area contributed by atoms with Crippen molar-refractivity contribution in [1.29, 1.82) is 0 Å². The number of rotatable bonds is 5. The lowest BCUT2D eigenvalue weighted by molar-refractivity contribution is -0.116. The van der Waals surface area contributed by atoms with E-state index in [2.05, 4.69) is 27.8 Å². The minimum Gasteiger partial charge on any atom is -0.370 e. The number of nitrogens with zero attached hydrogens (tertiary/aromatic N) is 1. The molecule has 0 heterocycles. The fourth-order valence-electron chi connectivity index (χ4n) is 3.07. The van der Waals surface area contributed by atoms with E-state index in [0.29, 0.717) is 17.5 Å². The van der Waals surface area contributed by atoms with Crippen LogP contribution in [0.5, 0.6) is 0 Å². The van der Waals surface area contributed by atoms with Crippen LogP contribution in [0, 0.1) is 6.92 Å². The number of guanidine groups is 1. The first-order valence-electron chi connectivity index (χ1n) is 8.76. The average Bonchev–Trinajstić information content (AvgIpc) is 3.06. The Labute approximate surface area is 181 Å². The molecule has 1 aliphatic carbocycles. The first-order chi connectivity index (χ1) is 12.5. The van der Waals surface area contributed by atoms with Gasteiger partial charge in [0.25, 0.3) is 0 Å². The Morgan fingerprint density at radius 1 is 1.19 bits per heavy atom. The average molecular weight is 499 g/mol. The molecule has 0 radical (unpaired) electrons. The number of anilines is 2. The fraction of sp³-hybridized carbons (Fsp3) is 0.300. The van der Waals surface area contributed by atoms with Crippen LogP contribution < -0.4 is 16.4 Å². The highest BCUT2D eigenvalue weighted by molar-refractivity contribution is 14.0. The Balaban J connectivity index is 0.00000261. The van der Waals surface area contributed by atoms with E-state index in [0.717, 1.165) is 29.8 Å². The number of hydrogen-bond donors (Lipinski definition) is 3. The summed E-state index contributed by atoms with van der Waals surface area (Å²) in [6.07, 6.45) is 3.73. The number of benzene rings is 2. The van der Waals surface area contributed by atoms with E-state index in [1.54, 1.807) is 6.07 Å². The van der Waals surface area contributed by atoms with Crippen molar-refractivity contribution >= 4 is 58.8 Å². The van der Waals surface area contributed by atoms with Crippen LogP contribution in [0.1, 0.15) is 29.5 Å². The monoisotopic (exact) mass is 498 g/mol. The molecule has 2 aromatic carbocycles. The number of halogens is 2. The number of aliphatic imine (C=N–C) groups is 1. The van der Waals surface area contributed by atoms with Crippen molar-refractivity contribution in [3.8, 4) is 0 Å². The minimum absolute atomic E-state index is 0. The Hall–Kier alpha value is -1.80. The van der Waals surface area contributed by atoms with Gasteiger partial charge in [-0.05, 0) is 67.1 Å². The van der Waals surface area contributed by atoms with Gasteiger partial charge in [0.2, 0.25) is 5.91 Å². The third-order valence-electron chi connectivity index (χ3n) is 4.53. The molecule has 2 aromatic rings.